The minimum Gasteiger partial charge on any atom is -0.382 e. The van der Waals surface area contributed by atoms with E-state index in [1.807, 2.05) is 13.8 Å². The van der Waals surface area contributed by atoms with E-state index < -0.39 is 5.91 Å². The van der Waals surface area contributed by atoms with Gasteiger partial charge in [0.1, 0.15) is 10.6 Å². The Balaban J connectivity index is 2.49. The molecular weight excluding hydrogens is 254 g/mol. The molecule has 18 heavy (non-hydrogen) atoms. The van der Waals surface area contributed by atoms with Gasteiger partial charge in [0, 0.05) is 19.0 Å². The highest BCUT2D eigenvalue weighted by atomic mass is 32.1. The Labute approximate surface area is 109 Å². The molecule has 0 aliphatic carbocycles. The van der Waals surface area contributed by atoms with E-state index in [-0.39, 0.29) is 23.3 Å². The lowest BCUT2D eigenvalue weighted by atomic mass is 10.3. The topological polar surface area (TPSA) is 123 Å². The van der Waals surface area contributed by atoms with Crippen molar-refractivity contribution in [2.24, 2.45) is 5.73 Å². The van der Waals surface area contributed by atoms with E-state index in [0.717, 1.165) is 11.5 Å². The molecule has 0 fully saturated rings. The molecule has 0 bridgehead atoms. The predicted molar refractivity (Wildman–Crippen MR) is 71.4 cm³/mol. The highest BCUT2D eigenvalue weighted by Gasteiger charge is 2.16. The Kier molecular flexibility index (Phi) is 4.90. The third-order valence-corrected chi connectivity index (χ3v) is 2.87. The van der Waals surface area contributed by atoms with Gasteiger partial charge in [-0.3, -0.25) is 9.59 Å². The molecule has 0 atom stereocenters. The monoisotopic (exact) mass is 271 g/mol. The third-order valence-electron chi connectivity index (χ3n) is 2.05. The second-order valence-corrected chi connectivity index (χ2v) is 4.81. The quantitative estimate of drug-likeness (QED) is 0.586. The first-order valence-electron chi connectivity index (χ1n) is 5.50. The summed E-state index contributed by atoms with van der Waals surface area (Å²) in [7, 11) is 0. The number of hydrogen-bond donors (Lipinski definition) is 4. The number of nitrogens with one attached hydrogen (secondary N) is 2. The van der Waals surface area contributed by atoms with Crippen molar-refractivity contribution in [1.29, 1.82) is 0 Å². The molecule has 1 rings (SSSR count). The normalized spacial score (nSPS) is 10.4. The van der Waals surface area contributed by atoms with Crippen LogP contribution in [0.15, 0.2) is 0 Å². The lowest BCUT2D eigenvalue weighted by Gasteiger charge is -2.08. The molecule has 1 heterocycles. The molecule has 8 heteroatoms. The SMILES string of the molecule is CC(C)NC(=O)CCNc1snc(N)c1C(N)=O. The number of primary amides is 1. The van der Waals surface area contributed by atoms with E-state index in [4.69, 9.17) is 11.5 Å². The van der Waals surface area contributed by atoms with Gasteiger partial charge in [0.05, 0.1) is 0 Å². The van der Waals surface area contributed by atoms with Crippen LogP contribution < -0.4 is 22.1 Å². The minimum absolute atomic E-state index is 0.0596. The largest absolute Gasteiger partial charge is 0.382 e. The smallest absolute Gasteiger partial charge is 0.255 e. The molecule has 7 nitrogen and oxygen atoms in total. The maximum Gasteiger partial charge on any atom is 0.255 e. The van der Waals surface area contributed by atoms with E-state index in [1.54, 1.807) is 0 Å². The highest BCUT2D eigenvalue weighted by Crippen LogP contribution is 2.25. The van der Waals surface area contributed by atoms with Crippen LogP contribution in [0.5, 0.6) is 0 Å². The second-order valence-electron chi connectivity index (χ2n) is 4.04. The van der Waals surface area contributed by atoms with Gasteiger partial charge in [-0.05, 0) is 25.4 Å². The maximum absolute atomic E-state index is 11.4. The highest BCUT2D eigenvalue weighted by molar-refractivity contribution is 7.11. The zero-order chi connectivity index (χ0) is 13.7. The van der Waals surface area contributed by atoms with Crippen LogP contribution in [0.3, 0.4) is 0 Å². The van der Waals surface area contributed by atoms with Gasteiger partial charge in [-0.25, -0.2) is 0 Å². The summed E-state index contributed by atoms with van der Waals surface area (Å²) in [6, 6.07) is 0.109. The molecule has 0 aromatic carbocycles. The lowest BCUT2D eigenvalue weighted by molar-refractivity contribution is -0.121. The van der Waals surface area contributed by atoms with Gasteiger partial charge in [0.25, 0.3) is 5.91 Å². The summed E-state index contributed by atoms with van der Waals surface area (Å²) in [6.07, 6.45) is 0.300. The Morgan fingerprint density at radius 3 is 2.67 bits per heavy atom. The standard InChI is InChI=1S/C10H17N5O2S/c1-5(2)14-6(16)3-4-13-10-7(9(12)17)8(11)15-18-10/h5,13H,3-4H2,1-2H3,(H2,11,15)(H2,12,17)(H,14,16). The Bertz CT molecular complexity index is 443. The number of nitrogen functional groups attached to an aromatic ring is 1. The zero-order valence-corrected chi connectivity index (χ0v) is 11.1. The van der Waals surface area contributed by atoms with Gasteiger partial charge in [0.2, 0.25) is 5.91 Å². The average molecular weight is 271 g/mol. The molecule has 1 aromatic heterocycles. The number of nitrogens with zero attached hydrogens (tertiary/aromatic N) is 1. The first-order valence-corrected chi connectivity index (χ1v) is 6.27. The molecular formula is C10H17N5O2S. The van der Waals surface area contributed by atoms with Gasteiger partial charge < -0.3 is 22.1 Å². The minimum atomic E-state index is -0.629. The predicted octanol–water partition coefficient (Wildman–Crippen LogP) is 0.151. The van der Waals surface area contributed by atoms with Crippen molar-refractivity contribution in [1.82, 2.24) is 9.69 Å². The summed E-state index contributed by atoms with van der Waals surface area (Å²) in [5, 5.41) is 6.20. The number of nitrogens with two attached hydrogens (primary N) is 2. The summed E-state index contributed by atoms with van der Waals surface area (Å²) >= 11 is 1.05. The molecule has 0 saturated heterocycles. The molecule has 2 amide bonds. The van der Waals surface area contributed by atoms with Crippen LogP contribution in [-0.2, 0) is 4.79 Å². The molecule has 0 aliphatic rings. The maximum atomic E-state index is 11.4. The first kappa shape index (κ1) is 14.2. The lowest BCUT2D eigenvalue weighted by Crippen LogP contribution is -2.31. The van der Waals surface area contributed by atoms with E-state index in [1.165, 1.54) is 0 Å². The van der Waals surface area contributed by atoms with Crippen molar-refractivity contribution in [3.63, 3.8) is 0 Å². The molecule has 0 saturated carbocycles. The number of aromatic nitrogens is 1. The number of rotatable bonds is 6. The van der Waals surface area contributed by atoms with Crippen molar-refractivity contribution >= 4 is 34.2 Å². The van der Waals surface area contributed by atoms with Crippen molar-refractivity contribution < 1.29 is 9.59 Å². The van der Waals surface area contributed by atoms with Gasteiger partial charge in [-0.1, -0.05) is 0 Å². The van der Waals surface area contributed by atoms with Crippen LogP contribution >= 0.6 is 11.5 Å². The number of carbonyl (C=O) groups excluding carboxylic acids is 2. The molecule has 0 aliphatic heterocycles. The van der Waals surface area contributed by atoms with Gasteiger partial charge in [-0.2, -0.15) is 4.37 Å². The Hall–Kier alpha value is -1.83. The number of amides is 2. The van der Waals surface area contributed by atoms with E-state index in [0.29, 0.717) is 18.0 Å². The molecule has 0 spiro atoms. The fourth-order valence-corrected chi connectivity index (χ4v) is 2.09. The zero-order valence-electron chi connectivity index (χ0n) is 10.3. The van der Waals surface area contributed by atoms with Crippen LogP contribution in [0.4, 0.5) is 10.8 Å². The number of carbonyl (C=O) groups is 2. The average Bonchev–Trinajstić information content (AvgIpc) is 2.58. The number of hydrogen-bond acceptors (Lipinski definition) is 6. The van der Waals surface area contributed by atoms with Crippen LogP contribution in [0.25, 0.3) is 0 Å². The fraction of sp³-hybridized carbons (Fsp3) is 0.500. The Morgan fingerprint density at radius 1 is 1.44 bits per heavy atom. The summed E-state index contributed by atoms with van der Waals surface area (Å²) in [5.74, 6) is -0.576. The van der Waals surface area contributed by atoms with Crippen molar-refractivity contribution in [3.8, 4) is 0 Å². The van der Waals surface area contributed by atoms with Gasteiger partial charge in [-0.15, -0.1) is 0 Å². The van der Waals surface area contributed by atoms with Crippen LogP contribution in [0.2, 0.25) is 0 Å². The third kappa shape index (κ3) is 3.88. The van der Waals surface area contributed by atoms with Crippen molar-refractivity contribution in [3.05, 3.63) is 5.56 Å². The number of anilines is 2. The molecule has 0 unspecified atom stereocenters. The second kappa shape index (κ2) is 6.20. The summed E-state index contributed by atoms with van der Waals surface area (Å²) < 4.78 is 3.84. The molecule has 6 N–H and O–H groups in total. The van der Waals surface area contributed by atoms with E-state index in [2.05, 4.69) is 15.0 Å². The summed E-state index contributed by atoms with van der Waals surface area (Å²) in [6.45, 7) is 4.17. The fourth-order valence-electron chi connectivity index (χ4n) is 1.34. The van der Waals surface area contributed by atoms with Crippen LogP contribution in [0.1, 0.15) is 30.6 Å². The van der Waals surface area contributed by atoms with E-state index >= 15 is 0 Å². The summed E-state index contributed by atoms with van der Waals surface area (Å²) in [4.78, 5) is 22.5. The molecule has 1 aromatic rings. The van der Waals surface area contributed by atoms with Crippen LogP contribution in [0, 0.1) is 0 Å². The summed E-state index contributed by atoms with van der Waals surface area (Å²) in [5.41, 5.74) is 10.9. The van der Waals surface area contributed by atoms with Gasteiger partial charge >= 0.3 is 0 Å². The van der Waals surface area contributed by atoms with Gasteiger partial charge in [0.15, 0.2) is 5.82 Å². The Morgan fingerprint density at radius 2 is 2.11 bits per heavy atom. The van der Waals surface area contributed by atoms with E-state index in [9.17, 15) is 9.59 Å². The molecule has 0 radical (unpaired) electrons. The van der Waals surface area contributed by atoms with Crippen molar-refractivity contribution in [2.75, 3.05) is 17.6 Å². The first-order chi connectivity index (χ1) is 8.41. The van der Waals surface area contributed by atoms with Crippen molar-refractivity contribution in [2.45, 2.75) is 26.3 Å². The van der Waals surface area contributed by atoms with Crippen LogP contribution in [-0.4, -0.2) is 28.8 Å². The molecule has 100 valence electrons.